The number of hydrogen-bond donors (Lipinski definition) is 1. The molecule has 3 rings (SSSR count). The number of nitrogens with one attached hydrogen (secondary N) is 1. The van der Waals surface area contributed by atoms with Crippen LogP contribution in [-0.4, -0.2) is 23.5 Å². The van der Waals surface area contributed by atoms with Crippen LogP contribution in [0.1, 0.15) is 29.3 Å². The normalized spacial score (nSPS) is 11.9. The van der Waals surface area contributed by atoms with E-state index in [0.29, 0.717) is 18.7 Å². The molecule has 3 aromatic rings. The van der Waals surface area contributed by atoms with Gasteiger partial charge in [-0.15, -0.1) is 11.3 Å². The van der Waals surface area contributed by atoms with Crippen molar-refractivity contribution >= 4 is 28.8 Å². The monoisotopic (exact) mass is 428 g/mol. The molecule has 2 aromatic carbocycles. The summed E-state index contributed by atoms with van der Waals surface area (Å²) in [5.74, 6) is 0.499. The largest absolute Gasteiger partial charge is 0.481 e. The minimum Gasteiger partial charge on any atom is -0.481 e. The lowest BCUT2D eigenvalue weighted by atomic mass is 10.1. The summed E-state index contributed by atoms with van der Waals surface area (Å²) in [5, 5.41) is 6.69. The molecule has 0 saturated carbocycles. The number of ether oxygens (including phenoxy) is 1. The topological polar surface area (TPSA) is 51.2 Å². The number of hydrogen-bond acceptors (Lipinski definition) is 4. The van der Waals surface area contributed by atoms with E-state index in [-0.39, 0.29) is 5.91 Å². The van der Waals surface area contributed by atoms with Crippen LogP contribution in [0, 0.1) is 20.8 Å². The number of carbonyl (C=O) groups excluding carboxylic acids is 1. The number of halogens is 1. The molecule has 152 valence electrons. The molecule has 1 atom stereocenters. The van der Waals surface area contributed by atoms with Crippen LogP contribution in [0.25, 0.3) is 10.6 Å². The summed E-state index contributed by atoms with van der Waals surface area (Å²) < 4.78 is 5.78. The summed E-state index contributed by atoms with van der Waals surface area (Å²) >= 11 is 7.80. The maximum atomic E-state index is 12.4. The van der Waals surface area contributed by atoms with Crippen molar-refractivity contribution in [1.82, 2.24) is 10.3 Å². The van der Waals surface area contributed by atoms with Gasteiger partial charge in [0.2, 0.25) is 0 Å². The Morgan fingerprint density at radius 1 is 1.17 bits per heavy atom. The number of aryl methyl sites for hydroxylation is 3. The van der Waals surface area contributed by atoms with Gasteiger partial charge in [-0.05, 0) is 51.0 Å². The summed E-state index contributed by atoms with van der Waals surface area (Å²) in [4.78, 5) is 17.0. The Bertz CT molecular complexity index is 975. The molecule has 0 unspecified atom stereocenters. The van der Waals surface area contributed by atoms with E-state index in [1.54, 1.807) is 18.3 Å². The smallest absolute Gasteiger partial charge is 0.260 e. The van der Waals surface area contributed by atoms with Gasteiger partial charge in [0.05, 0.1) is 5.69 Å². The van der Waals surface area contributed by atoms with Crippen LogP contribution < -0.4 is 10.1 Å². The Morgan fingerprint density at radius 3 is 2.48 bits per heavy atom. The molecule has 0 fully saturated rings. The Labute approximate surface area is 180 Å². The van der Waals surface area contributed by atoms with E-state index in [0.717, 1.165) is 32.4 Å². The summed E-state index contributed by atoms with van der Waals surface area (Å²) in [6.45, 7) is 8.17. The van der Waals surface area contributed by atoms with Gasteiger partial charge in [-0.1, -0.05) is 41.4 Å². The zero-order valence-corrected chi connectivity index (χ0v) is 18.7. The average Bonchev–Trinajstić information content (AvgIpc) is 3.15. The van der Waals surface area contributed by atoms with Crippen LogP contribution in [0.4, 0.5) is 0 Å². The van der Waals surface area contributed by atoms with E-state index in [9.17, 15) is 4.79 Å². The fraction of sp³-hybridized carbons (Fsp3) is 0.304. The highest BCUT2D eigenvalue weighted by molar-refractivity contribution is 7.13. The number of thiazole rings is 1. The van der Waals surface area contributed by atoms with Crippen LogP contribution >= 0.6 is 22.9 Å². The van der Waals surface area contributed by atoms with Crippen LogP contribution in [0.2, 0.25) is 5.02 Å². The molecule has 1 heterocycles. The van der Waals surface area contributed by atoms with Crippen molar-refractivity contribution in [2.75, 3.05) is 6.54 Å². The SMILES string of the molecule is Cc1ccc(-c2nc(CCNC(=O)[C@H](C)Oc3cc(C)c(Cl)c(C)c3)cs2)cc1. The number of amides is 1. The fourth-order valence-electron chi connectivity index (χ4n) is 2.94. The first-order valence-electron chi connectivity index (χ1n) is 9.56. The van der Waals surface area contributed by atoms with Gasteiger partial charge in [0.25, 0.3) is 5.91 Å². The minimum atomic E-state index is -0.589. The van der Waals surface area contributed by atoms with E-state index < -0.39 is 6.10 Å². The molecular formula is C23H25ClN2O2S. The first kappa shape index (κ1) is 21.3. The van der Waals surface area contributed by atoms with Gasteiger partial charge < -0.3 is 10.1 Å². The molecule has 0 spiro atoms. The molecule has 1 amide bonds. The highest BCUT2D eigenvalue weighted by atomic mass is 35.5. The van der Waals surface area contributed by atoms with Crippen molar-refractivity contribution in [3.05, 3.63) is 69.2 Å². The van der Waals surface area contributed by atoms with Crippen molar-refractivity contribution in [2.24, 2.45) is 0 Å². The van der Waals surface area contributed by atoms with Crippen molar-refractivity contribution in [2.45, 2.75) is 40.2 Å². The van der Waals surface area contributed by atoms with Gasteiger partial charge in [0.1, 0.15) is 10.8 Å². The third-order valence-electron chi connectivity index (χ3n) is 4.62. The Morgan fingerprint density at radius 2 is 1.83 bits per heavy atom. The highest BCUT2D eigenvalue weighted by Gasteiger charge is 2.15. The van der Waals surface area contributed by atoms with Gasteiger partial charge in [-0.3, -0.25) is 4.79 Å². The zero-order valence-electron chi connectivity index (χ0n) is 17.1. The molecule has 6 heteroatoms. The van der Waals surface area contributed by atoms with Crippen LogP contribution in [-0.2, 0) is 11.2 Å². The first-order chi connectivity index (χ1) is 13.8. The minimum absolute atomic E-state index is 0.149. The number of rotatable bonds is 7. The van der Waals surface area contributed by atoms with Crippen LogP contribution in [0.3, 0.4) is 0 Å². The summed E-state index contributed by atoms with van der Waals surface area (Å²) in [5.41, 5.74) is 5.19. The van der Waals surface area contributed by atoms with Gasteiger partial charge in [0.15, 0.2) is 6.10 Å². The van der Waals surface area contributed by atoms with Gasteiger partial charge in [-0.2, -0.15) is 0 Å². The maximum absolute atomic E-state index is 12.4. The molecule has 0 aliphatic heterocycles. The molecule has 0 aliphatic rings. The number of carbonyl (C=O) groups is 1. The standard InChI is InChI=1S/C23H25ClN2O2S/c1-14-5-7-18(8-6-14)23-26-19(13-29-23)9-10-25-22(27)17(4)28-20-11-15(2)21(24)16(3)12-20/h5-8,11-13,17H,9-10H2,1-4H3,(H,25,27)/t17-/m0/s1. The maximum Gasteiger partial charge on any atom is 0.260 e. The molecule has 4 nitrogen and oxygen atoms in total. The third-order valence-corrected chi connectivity index (χ3v) is 6.16. The lowest BCUT2D eigenvalue weighted by Crippen LogP contribution is -2.37. The van der Waals surface area contributed by atoms with Gasteiger partial charge >= 0.3 is 0 Å². The predicted molar refractivity (Wildman–Crippen MR) is 120 cm³/mol. The van der Waals surface area contributed by atoms with Crippen molar-refractivity contribution in [3.8, 4) is 16.3 Å². The van der Waals surface area contributed by atoms with E-state index >= 15 is 0 Å². The number of benzene rings is 2. The lowest BCUT2D eigenvalue weighted by Gasteiger charge is -2.16. The summed E-state index contributed by atoms with van der Waals surface area (Å²) in [6.07, 6.45) is 0.0912. The van der Waals surface area contributed by atoms with Crippen LogP contribution in [0.5, 0.6) is 5.75 Å². The molecule has 29 heavy (non-hydrogen) atoms. The number of nitrogens with zero attached hydrogens (tertiary/aromatic N) is 1. The quantitative estimate of drug-likeness (QED) is 0.539. The Hall–Kier alpha value is -2.37. The second-order valence-electron chi connectivity index (χ2n) is 7.18. The van der Waals surface area contributed by atoms with Gasteiger partial charge in [-0.25, -0.2) is 4.98 Å². The molecule has 0 bridgehead atoms. The van der Waals surface area contributed by atoms with Crippen molar-refractivity contribution in [3.63, 3.8) is 0 Å². The first-order valence-corrected chi connectivity index (χ1v) is 10.8. The van der Waals surface area contributed by atoms with Crippen LogP contribution in [0.15, 0.2) is 41.8 Å². The molecule has 0 radical (unpaired) electrons. The van der Waals surface area contributed by atoms with Crippen molar-refractivity contribution < 1.29 is 9.53 Å². The highest BCUT2D eigenvalue weighted by Crippen LogP contribution is 2.26. The second-order valence-corrected chi connectivity index (χ2v) is 8.42. The van der Waals surface area contributed by atoms with E-state index in [2.05, 4.69) is 41.5 Å². The number of aromatic nitrogens is 1. The molecule has 0 saturated heterocycles. The lowest BCUT2D eigenvalue weighted by molar-refractivity contribution is -0.127. The van der Waals surface area contributed by atoms with E-state index in [1.165, 1.54) is 5.56 Å². The Balaban J connectivity index is 1.50. The second kappa shape index (κ2) is 9.42. The molecule has 1 N–H and O–H groups in total. The van der Waals surface area contributed by atoms with Gasteiger partial charge in [0, 0.05) is 28.9 Å². The molecular weight excluding hydrogens is 404 g/mol. The third kappa shape index (κ3) is 5.58. The predicted octanol–water partition coefficient (Wildman–Crippen LogP) is 5.51. The fourth-order valence-corrected chi connectivity index (χ4v) is 3.91. The Kier molecular flexibility index (Phi) is 6.93. The zero-order chi connectivity index (χ0) is 21.0. The van der Waals surface area contributed by atoms with E-state index in [4.69, 9.17) is 16.3 Å². The summed E-state index contributed by atoms with van der Waals surface area (Å²) in [6, 6.07) is 12.0. The van der Waals surface area contributed by atoms with Crippen molar-refractivity contribution in [1.29, 1.82) is 0 Å². The average molecular weight is 429 g/mol. The molecule has 0 aliphatic carbocycles. The molecule has 1 aromatic heterocycles. The summed E-state index contributed by atoms with van der Waals surface area (Å²) in [7, 11) is 0. The van der Waals surface area contributed by atoms with E-state index in [1.807, 2.05) is 31.4 Å².